The number of para-hydroxylation sites is 1. The summed E-state index contributed by atoms with van der Waals surface area (Å²) in [5.74, 6) is 2.24. The van der Waals surface area contributed by atoms with Crippen LogP contribution in [-0.2, 0) is 0 Å². The number of ether oxygens (including phenoxy) is 1. The highest BCUT2D eigenvalue weighted by Crippen LogP contribution is 2.29. The van der Waals surface area contributed by atoms with Crippen LogP contribution in [0.15, 0.2) is 28.8 Å². The summed E-state index contributed by atoms with van der Waals surface area (Å²) in [5, 5.41) is 0. The maximum atomic E-state index is 5.65. The van der Waals surface area contributed by atoms with E-state index in [-0.39, 0.29) is 6.04 Å². The quantitative estimate of drug-likeness (QED) is 0.740. The van der Waals surface area contributed by atoms with E-state index in [1.807, 2.05) is 43.5 Å². The molecule has 1 atom stereocenters. The van der Waals surface area contributed by atoms with Crippen LogP contribution in [0.4, 0.5) is 0 Å². The molecule has 0 amide bonds. The molecular weight excluding hydrogens is 286 g/mol. The minimum atomic E-state index is -0.0863. The molecule has 110 valence electrons. The molecule has 0 bridgehead atoms. The van der Waals surface area contributed by atoms with Gasteiger partial charge in [0, 0.05) is 0 Å². The van der Waals surface area contributed by atoms with Gasteiger partial charge in [-0.15, -0.1) is 0 Å². The van der Waals surface area contributed by atoms with Gasteiger partial charge in [-0.3, -0.25) is 0 Å². The Hall–Kier alpha value is -2.08. The maximum absolute atomic E-state index is 5.65. The molecule has 0 aliphatic heterocycles. The average molecular weight is 303 g/mol. The number of rotatable bonds is 4. The molecule has 0 saturated heterocycles. The Balaban J connectivity index is 2.16. The average Bonchev–Trinajstić information content (AvgIpc) is 3.02. The lowest BCUT2D eigenvalue weighted by Gasteiger charge is -2.11. The van der Waals surface area contributed by atoms with Crippen LogP contribution >= 0.6 is 12.2 Å². The maximum Gasteiger partial charge on any atom is 0.217 e. The SMILES string of the molecule is CCOc1cccc2c1[nH]c(=S)n2C(C)c1ncc(C)o1. The van der Waals surface area contributed by atoms with Crippen molar-refractivity contribution in [2.75, 3.05) is 6.61 Å². The molecule has 1 aromatic carbocycles. The fourth-order valence-electron chi connectivity index (χ4n) is 2.46. The summed E-state index contributed by atoms with van der Waals surface area (Å²) in [4.78, 5) is 7.52. The highest BCUT2D eigenvalue weighted by molar-refractivity contribution is 7.71. The largest absolute Gasteiger partial charge is 0.492 e. The van der Waals surface area contributed by atoms with E-state index in [0.717, 1.165) is 22.5 Å². The number of aromatic amines is 1. The Morgan fingerprint density at radius 1 is 1.48 bits per heavy atom. The van der Waals surface area contributed by atoms with Crippen molar-refractivity contribution in [3.8, 4) is 5.75 Å². The van der Waals surface area contributed by atoms with Gasteiger partial charge >= 0.3 is 0 Å². The fourth-order valence-corrected chi connectivity index (χ4v) is 2.82. The number of hydrogen-bond acceptors (Lipinski definition) is 4. The Morgan fingerprint density at radius 2 is 2.29 bits per heavy atom. The number of nitrogens with one attached hydrogen (secondary N) is 1. The van der Waals surface area contributed by atoms with Gasteiger partial charge in [-0.1, -0.05) is 6.07 Å². The topological polar surface area (TPSA) is 56.0 Å². The molecule has 3 aromatic rings. The highest BCUT2D eigenvalue weighted by Gasteiger charge is 2.18. The van der Waals surface area contributed by atoms with Crippen molar-refractivity contribution < 1.29 is 9.15 Å². The summed E-state index contributed by atoms with van der Waals surface area (Å²) in [6, 6.07) is 5.81. The third kappa shape index (κ3) is 2.35. The third-order valence-corrected chi connectivity index (χ3v) is 3.70. The van der Waals surface area contributed by atoms with Crippen molar-refractivity contribution in [3.05, 3.63) is 40.8 Å². The van der Waals surface area contributed by atoms with Crippen LogP contribution in [0.3, 0.4) is 0 Å². The standard InChI is InChI=1S/C15H17N3O2S/c1-4-19-12-7-5-6-11-13(12)17-15(21)18(11)10(3)14-16-8-9(2)20-14/h5-8,10H,4H2,1-3H3,(H,17,21). The van der Waals surface area contributed by atoms with Gasteiger partial charge in [0.05, 0.1) is 18.3 Å². The smallest absolute Gasteiger partial charge is 0.217 e. The molecule has 6 heteroatoms. The number of oxazole rings is 1. The molecule has 1 unspecified atom stereocenters. The molecular formula is C15H17N3O2S. The predicted octanol–water partition coefficient (Wildman–Crippen LogP) is 4.00. The number of nitrogens with zero attached hydrogens (tertiary/aromatic N) is 2. The zero-order valence-corrected chi connectivity index (χ0v) is 13.0. The summed E-state index contributed by atoms with van der Waals surface area (Å²) in [6.45, 7) is 6.47. The van der Waals surface area contributed by atoms with Crippen molar-refractivity contribution in [1.82, 2.24) is 14.5 Å². The number of aromatic nitrogens is 3. The number of fused-ring (bicyclic) bond motifs is 1. The zero-order valence-electron chi connectivity index (χ0n) is 12.2. The third-order valence-electron chi connectivity index (χ3n) is 3.40. The van der Waals surface area contributed by atoms with E-state index in [0.29, 0.717) is 17.3 Å². The van der Waals surface area contributed by atoms with Gasteiger partial charge in [0.2, 0.25) is 5.89 Å². The van der Waals surface area contributed by atoms with Crippen LogP contribution in [0.25, 0.3) is 11.0 Å². The van der Waals surface area contributed by atoms with Crippen LogP contribution < -0.4 is 4.74 Å². The second-order valence-electron chi connectivity index (χ2n) is 4.87. The number of H-pyrrole nitrogens is 1. The fraction of sp³-hybridized carbons (Fsp3) is 0.333. The van der Waals surface area contributed by atoms with Gasteiger partial charge in [-0.2, -0.15) is 0 Å². The molecule has 1 N–H and O–H groups in total. The van der Waals surface area contributed by atoms with Gasteiger partial charge in [-0.05, 0) is 45.1 Å². The summed E-state index contributed by atoms with van der Waals surface area (Å²) >= 11 is 5.46. The van der Waals surface area contributed by atoms with Crippen molar-refractivity contribution in [2.24, 2.45) is 0 Å². The Labute approximate surface area is 127 Å². The van der Waals surface area contributed by atoms with Crippen LogP contribution in [0.2, 0.25) is 0 Å². The second-order valence-corrected chi connectivity index (χ2v) is 5.26. The van der Waals surface area contributed by atoms with E-state index in [9.17, 15) is 0 Å². The first-order chi connectivity index (χ1) is 10.1. The molecule has 5 nitrogen and oxygen atoms in total. The summed E-state index contributed by atoms with van der Waals surface area (Å²) in [5.41, 5.74) is 1.88. The lowest BCUT2D eigenvalue weighted by atomic mass is 10.2. The van der Waals surface area contributed by atoms with Crippen molar-refractivity contribution >= 4 is 23.3 Å². The first kappa shape index (κ1) is 13.9. The number of imidazole rings is 1. The van der Waals surface area contributed by atoms with Crippen LogP contribution in [0, 0.1) is 11.7 Å². The van der Waals surface area contributed by atoms with Gasteiger partial charge in [0.25, 0.3) is 0 Å². The molecule has 0 spiro atoms. The van der Waals surface area contributed by atoms with Gasteiger partial charge in [0.15, 0.2) is 4.77 Å². The number of benzene rings is 1. The van der Waals surface area contributed by atoms with Crippen molar-refractivity contribution in [2.45, 2.75) is 26.8 Å². The van der Waals surface area contributed by atoms with Crippen LogP contribution in [0.1, 0.15) is 31.5 Å². The van der Waals surface area contributed by atoms with Crippen molar-refractivity contribution in [3.63, 3.8) is 0 Å². The van der Waals surface area contributed by atoms with Crippen LogP contribution in [0.5, 0.6) is 5.75 Å². The lowest BCUT2D eigenvalue weighted by molar-refractivity contribution is 0.343. The first-order valence-corrected chi connectivity index (χ1v) is 7.31. The predicted molar refractivity (Wildman–Crippen MR) is 83.3 cm³/mol. The van der Waals surface area contributed by atoms with E-state index >= 15 is 0 Å². The van der Waals surface area contributed by atoms with Crippen LogP contribution in [-0.4, -0.2) is 21.1 Å². The molecule has 2 heterocycles. The lowest BCUT2D eigenvalue weighted by Crippen LogP contribution is -2.07. The minimum Gasteiger partial charge on any atom is -0.492 e. The van der Waals surface area contributed by atoms with Gasteiger partial charge in [0.1, 0.15) is 23.1 Å². The van der Waals surface area contributed by atoms with E-state index < -0.39 is 0 Å². The zero-order chi connectivity index (χ0) is 15.0. The number of aryl methyl sites for hydroxylation is 1. The monoisotopic (exact) mass is 303 g/mol. The van der Waals surface area contributed by atoms with E-state index in [1.165, 1.54) is 0 Å². The molecule has 3 rings (SSSR count). The van der Waals surface area contributed by atoms with Crippen molar-refractivity contribution in [1.29, 1.82) is 0 Å². The summed E-state index contributed by atoms with van der Waals surface area (Å²) < 4.78 is 13.9. The van der Waals surface area contributed by atoms with E-state index in [2.05, 4.69) is 9.97 Å². The van der Waals surface area contributed by atoms with E-state index in [4.69, 9.17) is 21.4 Å². The Bertz CT molecular complexity index is 831. The molecule has 0 fully saturated rings. The highest BCUT2D eigenvalue weighted by atomic mass is 32.1. The summed E-state index contributed by atoms with van der Waals surface area (Å²) in [6.07, 6.45) is 1.72. The minimum absolute atomic E-state index is 0.0863. The Kier molecular flexibility index (Phi) is 3.55. The van der Waals surface area contributed by atoms with E-state index in [1.54, 1.807) is 6.20 Å². The summed E-state index contributed by atoms with van der Waals surface area (Å²) in [7, 11) is 0. The Morgan fingerprint density at radius 3 is 2.95 bits per heavy atom. The molecule has 0 radical (unpaired) electrons. The second kappa shape index (κ2) is 5.37. The van der Waals surface area contributed by atoms with Gasteiger partial charge in [-0.25, -0.2) is 4.98 Å². The molecule has 2 aromatic heterocycles. The first-order valence-electron chi connectivity index (χ1n) is 6.90. The normalized spacial score (nSPS) is 12.7. The molecule has 21 heavy (non-hydrogen) atoms. The molecule has 0 saturated carbocycles. The number of hydrogen-bond donors (Lipinski definition) is 1. The molecule has 0 aliphatic carbocycles. The molecule has 0 aliphatic rings. The van der Waals surface area contributed by atoms with Gasteiger partial charge < -0.3 is 18.7 Å².